The van der Waals surface area contributed by atoms with E-state index in [1.54, 1.807) is 73.3 Å². The molecular weight excluding hydrogens is 858 g/mol. The Bertz CT molecular complexity index is 1450. The predicted octanol–water partition coefficient (Wildman–Crippen LogP) is -7.29. The number of hydrogen-bond acceptors (Lipinski definition) is 18. The summed E-state index contributed by atoms with van der Waals surface area (Å²) in [5.74, 6) is -4.77. The van der Waals surface area contributed by atoms with Gasteiger partial charge in [0.1, 0.15) is 0 Å². The van der Waals surface area contributed by atoms with Crippen molar-refractivity contribution in [2.45, 2.75) is 11.6 Å². The van der Waals surface area contributed by atoms with Crippen LogP contribution in [0.4, 0.5) is 0 Å². The number of halogens is 2. The van der Waals surface area contributed by atoms with Crippen LogP contribution in [0.25, 0.3) is 0 Å². The van der Waals surface area contributed by atoms with Crippen LogP contribution in [-0.4, -0.2) is 40.1 Å². The van der Waals surface area contributed by atoms with E-state index in [0.717, 1.165) is 0 Å². The van der Waals surface area contributed by atoms with E-state index in [1.165, 1.54) is 49.1 Å². The van der Waals surface area contributed by atoms with Gasteiger partial charge in [-0.05, 0) is 72.8 Å². The molecule has 18 nitrogen and oxygen atoms in total. The van der Waals surface area contributed by atoms with Crippen molar-refractivity contribution < 1.29 is 112 Å². The molecule has 0 unspecified atom stereocenters. The molecule has 0 saturated carbocycles. The van der Waals surface area contributed by atoms with Gasteiger partial charge in [0.25, 0.3) is 0 Å². The summed E-state index contributed by atoms with van der Waals surface area (Å²) in [5, 5.41) is 43.4. The fourth-order valence-corrected chi connectivity index (χ4v) is 3.14. The van der Waals surface area contributed by atoms with Gasteiger partial charge in [-0.15, -0.1) is 20.5 Å². The molecule has 6 rings (SSSR count). The Kier molecular flexibility index (Phi) is 26.6. The van der Waals surface area contributed by atoms with Crippen molar-refractivity contribution >= 4 is 0 Å². The van der Waals surface area contributed by atoms with Crippen LogP contribution in [0, 0.1) is 20.5 Å². The van der Waals surface area contributed by atoms with E-state index in [1.807, 2.05) is 36.4 Å². The molecule has 0 aromatic carbocycles. The molecule has 0 aliphatic rings. The summed E-state index contributed by atoms with van der Waals surface area (Å²) in [5.41, 5.74) is 0.180. The van der Waals surface area contributed by atoms with Crippen molar-refractivity contribution in [2.75, 3.05) is 0 Å². The number of pyridine rings is 6. The maximum absolute atomic E-state index is 11.9. The fourth-order valence-electron chi connectivity index (χ4n) is 3.14. The van der Waals surface area contributed by atoms with Gasteiger partial charge in [-0.2, -0.15) is 0 Å². The van der Waals surface area contributed by atoms with Gasteiger partial charge in [0.2, 0.25) is 0 Å². The monoisotopic (exact) mass is 884 g/mol. The normalized spacial score (nSPS) is 10.3. The van der Waals surface area contributed by atoms with E-state index >= 15 is 0 Å². The van der Waals surface area contributed by atoms with Gasteiger partial charge >= 0.3 is 34.1 Å². The zero-order valence-corrected chi connectivity index (χ0v) is 30.4. The number of aliphatic hydroxyl groups is 2. The summed E-state index contributed by atoms with van der Waals surface area (Å²) in [7, 11) is -9.89. The number of aromatic nitrogens is 6. The molecule has 6 aromatic rings. The Labute approximate surface area is 333 Å². The summed E-state index contributed by atoms with van der Waals surface area (Å²) in [4.78, 5) is 22.9. The summed E-state index contributed by atoms with van der Waals surface area (Å²) in [6, 6.07) is 30.6. The van der Waals surface area contributed by atoms with Gasteiger partial charge in [-0.1, -0.05) is 36.4 Å². The molecule has 6 heterocycles. The Balaban J connectivity index is 0. The van der Waals surface area contributed by atoms with Crippen LogP contribution in [0.5, 0.6) is 0 Å². The molecule has 0 spiro atoms. The maximum atomic E-state index is 11.9. The van der Waals surface area contributed by atoms with Crippen LogP contribution < -0.4 is 47.5 Å². The third-order valence-corrected chi connectivity index (χ3v) is 5.18. The second-order valence-corrected chi connectivity index (χ2v) is 10.5. The Hall–Kier alpha value is -3.96. The molecule has 294 valence electrons. The molecule has 0 atom stereocenters. The Morgan fingerprint density at radius 1 is 0.352 bits per heavy atom. The van der Waals surface area contributed by atoms with Crippen molar-refractivity contribution in [3.05, 3.63) is 182 Å². The minimum absolute atomic E-state index is 0. The Morgan fingerprint density at radius 2 is 0.537 bits per heavy atom. The minimum atomic E-state index is -4.94. The second-order valence-electron chi connectivity index (χ2n) is 8.95. The quantitative estimate of drug-likeness (QED) is 0.123. The van der Waals surface area contributed by atoms with E-state index in [4.69, 9.17) is 37.3 Å². The molecule has 0 fully saturated rings. The summed E-state index contributed by atoms with van der Waals surface area (Å²) < 4.78 is 67.9. The number of hydrogen-bond donors (Lipinski definition) is 2. The zero-order chi connectivity index (χ0) is 38.9. The molecule has 22 heteroatoms. The first-order valence-corrected chi connectivity index (χ1v) is 16.3. The van der Waals surface area contributed by atoms with Gasteiger partial charge in [0.05, 0.1) is 34.3 Å². The van der Waals surface area contributed by atoms with Gasteiger partial charge in [0, 0.05) is 49.6 Å². The largest absolute Gasteiger partial charge is 2.00 e. The molecule has 54 heavy (non-hydrogen) atoms. The first-order chi connectivity index (χ1) is 24.4. The van der Waals surface area contributed by atoms with Crippen molar-refractivity contribution in [2.24, 2.45) is 0 Å². The molecule has 0 aliphatic carbocycles. The van der Waals surface area contributed by atoms with Gasteiger partial charge in [-0.3, -0.25) is 29.9 Å². The summed E-state index contributed by atoms with van der Waals surface area (Å²) in [6.45, 7) is 0. The van der Waals surface area contributed by atoms with Crippen molar-refractivity contribution in [1.29, 1.82) is 0 Å². The van der Waals surface area contributed by atoms with Gasteiger partial charge in [-0.25, -0.2) is 37.3 Å². The van der Waals surface area contributed by atoms with Crippen LogP contribution in [0.1, 0.15) is 22.8 Å². The van der Waals surface area contributed by atoms with E-state index < -0.39 is 32.1 Å². The Morgan fingerprint density at radius 3 is 0.648 bits per heavy atom. The zero-order valence-electron chi connectivity index (χ0n) is 27.0. The molecule has 6 aromatic heterocycles. The second kappa shape index (κ2) is 27.6. The first-order valence-electron chi connectivity index (χ1n) is 13.9. The third-order valence-electron chi connectivity index (χ3n) is 5.18. The van der Waals surface area contributed by atoms with Gasteiger partial charge < -0.3 is 20.4 Å². The number of rotatable bonds is 4. The SMILES string of the molecule is [Cu+2].[Cu+2].[O-]C(O)(c1ccccn1)c1ccccn1.[O-]C(O)(c1ccccn1)c1ccccn1.[O-][Cl+3]([O-])([O-])[O-].[O-][Cl+3]([O-])([O-])[O-].c1ccncc1.c1ccncc1. The van der Waals surface area contributed by atoms with Crippen LogP contribution >= 0.6 is 0 Å². The molecule has 0 aliphatic heterocycles. The maximum Gasteiger partial charge on any atom is 2.00 e. The standard InChI is InChI=1S/2C11H9N2O2.2C5H5N.2ClHO4.2Cu/c2*14-11(15,9-5-1-3-7-12-9)10-6-2-4-8-13-10;2*1-2-4-6-5-3-1;2*2-1(3,4)5;;/h2*1-8,14H;2*1-5H;2*(H,2,3,4,5);;/q2*-1;;;;;2*+2/p-2. The third kappa shape index (κ3) is 25.9. The van der Waals surface area contributed by atoms with Crippen LogP contribution in [0.3, 0.4) is 0 Å². The van der Waals surface area contributed by atoms with E-state index in [9.17, 15) is 20.4 Å². The molecule has 0 amide bonds. The fraction of sp³-hybridized carbons (Fsp3) is 0.0625. The molecule has 0 saturated heterocycles. The predicted molar refractivity (Wildman–Crippen MR) is 151 cm³/mol. The van der Waals surface area contributed by atoms with Crippen LogP contribution in [0.2, 0.25) is 0 Å². The van der Waals surface area contributed by atoms with E-state index in [-0.39, 0.29) is 56.9 Å². The van der Waals surface area contributed by atoms with E-state index in [2.05, 4.69) is 29.9 Å². The minimum Gasteiger partial charge on any atom is -0.819 e. The average Bonchev–Trinajstić information content (AvgIpc) is 3.14. The van der Waals surface area contributed by atoms with Crippen LogP contribution in [0.15, 0.2) is 159 Å². The smallest absolute Gasteiger partial charge is 0.819 e. The average molecular weight is 887 g/mol. The van der Waals surface area contributed by atoms with Crippen molar-refractivity contribution in [3.63, 3.8) is 0 Å². The van der Waals surface area contributed by atoms with Crippen molar-refractivity contribution in [1.82, 2.24) is 29.9 Å². The molecular formula is C32H28Cl2Cu2N6O12. The first kappa shape index (κ1) is 52.1. The van der Waals surface area contributed by atoms with Gasteiger partial charge in [0.15, 0.2) is 0 Å². The molecule has 2 N–H and O–H groups in total. The summed E-state index contributed by atoms with van der Waals surface area (Å²) >= 11 is 0. The summed E-state index contributed by atoms with van der Waals surface area (Å²) in [6.07, 6.45) is 12.8. The van der Waals surface area contributed by atoms with Crippen molar-refractivity contribution in [3.8, 4) is 0 Å². The number of nitrogens with zero attached hydrogens (tertiary/aromatic N) is 6. The van der Waals surface area contributed by atoms with Crippen LogP contribution in [-0.2, 0) is 45.7 Å². The van der Waals surface area contributed by atoms with E-state index in [0.29, 0.717) is 0 Å². The molecule has 0 bridgehead atoms. The molecule has 2 radical (unpaired) electrons. The topological polar surface area (TPSA) is 348 Å².